The van der Waals surface area contributed by atoms with Gasteiger partial charge < -0.3 is 14.8 Å². The Balaban J connectivity index is 2.66. The molecule has 3 N–H and O–H groups in total. The maximum absolute atomic E-state index is 10.3. The fraction of sp³-hybridized carbons (Fsp3) is 0.571. The number of nitrogens with one attached hydrogen (secondary N) is 1. The molecule has 0 amide bonds. The van der Waals surface area contributed by atoms with Gasteiger partial charge in [0, 0.05) is 19.4 Å². The molecule has 2 unspecified atom stereocenters. The Hall–Kier alpha value is -1.07. The first-order valence-electron chi connectivity index (χ1n) is 3.74. The number of hydrogen-bond donors (Lipinski definition) is 2. The number of nitrogens with zero attached hydrogens (tertiary/aromatic N) is 1. The van der Waals surface area contributed by atoms with E-state index in [1.807, 2.05) is 7.05 Å². The predicted molar refractivity (Wildman–Crippen MR) is 40.3 cm³/mol. The topological polar surface area (TPSA) is 73.8 Å². The summed E-state index contributed by atoms with van der Waals surface area (Å²) in [6.07, 6.45) is 1.54. The second kappa shape index (κ2) is 3.12. The Labute approximate surface area is 71.0 Å². The van der Waals surface area contributed by atoms with Gasteiger partial charge in [-0.1, -0.05) is 0 Å². The summed E-state index contributed by atoms with van der Waals surface area (Å²) >= 11 is 0. The van der Waals surface area contributed by atoms with Crippen LogP contribution in [0.5, 0.6) is 0 Å². The highest BCUT2D eigenvalue weighted by Gasteiger charge is 2.27. The van der Waals surface area contributed by atoms with Gasteiger partial charge in [-0.15, -0.1) is 0 Å². The van der Waals surface area contributed by atoms with Crippen LogP contribution in [0, 0.1) is 0 Å². The minimum Gasteiger partial charge on any atom is -0.550 e. The standard InChI is InChI=1S/C7H13N3O2/c1-9-4-5(3-6(11)12)10(2)7(9)8/h4,7H,3,8H2,1-2H3,(H,11,12). The van der Waals surface area contributed by atoms with Gasteiger partial charge in [0.15, 0.2) is 0 Å². The zero-order chi connectivity index (χ0) is 9.30. The third kappa shape index (κ3) is 1.57. The molecule has 0 fully saturated rings. The molecule has 2 atom stereocenters. The molecule has 5 nitrogen and oxygen atoms in total. The minimum absolute atomic E-state index is 0.0679. The van der Waals surface area contributed by atoms with E-state index in [2.05, 4.69) is 0 Å². The number of nitrogens with two attached hydrogens (primary N) is 1. The smallest absolute Gasteiger partial charge is 0.222 e. The SMILES string of the molecule is CN1C(CC(=O)[O-])=C[NH+](C)C1N. The lowest BCUT2D eigenvalue weighted by Crippen LogP contribution is -3.10. The van der Waals surface area contributed by atoms with Gasteiger partial charge in [0.2, 0.25) is 6.29 Å². The van der Waals surface area contributed by atoms with Crippen molar-refractivity contribution in [2.45, 2.75) is 12.7 Å². The second-order valence-corrected chi connectivity index (χ2v) is 2.98. The van der Waals surface area contributed by atoms with Gasteiger partial charge >= 0.3 is 0 Å². The van der Waals surface area contributed by atoms with Crippen molar-refractivity contribution in [1.82, 2.24) is 4.90 Å². The first-order valence-corrected chi connectivity index (χ1v) is 3.74. The molecule has 1 rings (SSSR count). The molecule has 0 saturated carbocycles. The first-order chi connectivity index (χ1) is 5.52. The molecule has 12 heavy (non-hydrogen) atoms. The highest BCUT2D eigenvalue weighted by molar-refractivity contribution is 5.67. The van der Waals surface area contributed by atoms with E-state index in [-0.39, 0.29) is 12.7 Å². The van der Waals surface area contributed by atoms with Crippen molar-refractivity contribution >= 4 is 5.97 Å². The number of carbonyl (C=O) groups excluding carboxylic acids is 1. The first kappa shape index (κ1) is 9.02. The van der Waals surface area contributed by atoms with Crippen LogP contribution < -0.4 is 15.7 Å². The summed E-state index contributed by atoms with van der Waals surface area (Å²) in [4.78, 5) is 13.0. The zero-order valence-corrected chi connectivity index (χ0v) is 7.20. The second-order valence-electron chi connectivity index (χ2n) is 2.98. The Morgan fingerprint density at radius 3 is 2.83 bits per heavy atom. The van der Waals surface area contributed by atoms with Crippen LogP contribution in [0.4, 0.5) is 0 Å². The van der Waals surface area contributed by atoms with E-state index in [1.165, 1.54) is 0 Å². The Morgan fingerprint density at radius 1 is 1.92 bits per heavy atom. The zero-order valence-electron chi connectivity index (χ0n) is 7.20. The van der Waals surface area contributed by atoms with Crippen molar-refractivity contribution in [3.63, 3.8) is 0 Å². The lowest BCUT2D eigenvalue weighted by Gasteiger charge is -2.20. The van der Waals surface area contributed by atoms with E-state index in [4.69, 9.17) is 5.73 Å². The van der Waals surface area contributed by atoms with Crippen LogP contribution in [-0.2, 0) is 4.79 Å². The highest BCUT2D eigenvalue weighted by atomic mass is 16.4. The number of aliphatic carboxylic acids is 1. The van der Waals surface area contributed by atoms with Crippen LogP contribution in [0.15, 0.2) is 11.9 Å². The van der Waals surface area contributed by atoms with Gasteiger partial charge in [0.1, 0.15) is 6.20 Å². The molecule has 0 aromatic heterocycles. The third-order valence-electron chi connectivity index (χ3n) is 2.06. The molecule has 0 saturated heterocycles. The van der Waals surface area contributed by atoms with Gasteiger partial charge in [-0.3, -0.25) is 10.6 Å². The summed E-state index contributed by atoms with van der Waals surface area (Å²) < 4.78 is 0. The lowest BCUT2D eigenvalue weighted by atomic mass is 10.3. The van der Waals surface area contributed by atoms with Crippen molar-refractivity contribution in [1.29, 1.82) is 0 Å². The van der Waals surface area contributed by atoms with Crippen LogP contribution in [-0.4, -0.2) is 31.3 Å². The number of quaternary nitrogens is 1. The monoisotopic (exact) mass is 171 g/mol. The fourth-order valence-electron chi connectivity index (χ4n) is 1.26. The molecule has 5 heteroatoms. The minimum atomic E-state index is -1.07. The summed E-state index contributed by atoms with van der Waals surface area (Å²) in [5, 5.41) is 10.3. The number of carboxylic acid groups (broad SMARTS) is 1. The van der Waals surface area contributed by atoms with E-state index in [0.717, 1.165) is 4.90 Å². The summed E-state index contributed by atoms with van der Waals surface area (Å²) in [7, 11) is 3.65. The highest BCUT2D eigenvalue weighted by Crippen LogP contribution is 2.07. The Morgan fingerprint density at radius 2 is 2.50 bits per heavy atom. The van der Waals surface area contributed by atoms with Gasteiger partial charge in [0.25, 0.3) is 0 Å². The third-order valence-corrected chi connectivity index (χ3v) is 2.06. The summed E-state index contributed by atoms with van der Waals surface area (Å²) in [5.41, 5.74) is 6.42. The molecule has 1 aliphatic rings. The summed E-state index contributed by atoms with van der Waals surface area (Å²) in [5.74, 6) is -1.07. The largest absolute Gasteiger partial charge is 0.550 e. The quantitative estimate of drug-likeness (QED) is 0.456. The molecule has 0 aromatic carbocycles. The average Bonchev–Trinajstić information content (AvgIpc) is 2.17. The van der Waals surface area contributed by atoms with E-state index in [9.17, 15) is 9.90 Å². The molecular weight excluding hydrogens is 158 g/mol. The van der Waals surface area contributed by atoms with Crippen LogP contribution in [0.25, 0.3) is 0 Å². The van der Waals surface area contributed by atoms with Crippen LogP contribution in [0.2, 0.25) is 0 Å². The predicted octanol–water partition coefficient (Wildman–Crippen LogP) is -3.33. The van der Waals surface area contributed by atoms with Gasteiger partial charge in [-0.2, -0.15) is 0 Å². The number of hydrogen-bond acceptors (Lipinski definition) is 4. The Bertz CT molecular complexity index is 227. The van der Waals surface area contributed by atoms with Gasteiger partial charge in [-0.25, -0.2) is 0 Å². The number of carboxylic acids is 1. The molecule has 0 bridgehead atoms. The van der Waals surface area contributed by atoms with Crippen molar-refractivity contribution < 1.29 is 14.8 Å². The number of rotatable bonds is 2. The molecular formula is C7H13N3O2. The lowest BCUT2D eigenvalue weighted by molar-refractivity contribution is -0.856. The van der Waals surface area contributed by atoms with E-state index >= 15 is 0 Å². The van der Waals surface area contributed by atoms with E-state index in [0.29, 0.717) is 5.70 Å². The van der Waals surface area contributed by atoms with E-state index in [1.54, 1.807) is 18.1 Å². The van der Waals surface area contributed by atoms with E-state index < -0.39 is 5.97 Å². The molecule has 1 heterocycles. The Kier molecular flexibility index (Phi) is 2.35. The van der Waals surface area contributed by atoms with Crippen molar-refractivity contribution in [2.75, 3.05) is 14.1 Å². The average molecular weight is 171 g/mol. The van der Waals surface area contributed by atoms with Gasteiger partial charge in [-0.05, 0) is 0 Å². The molecule has 0 aromatic rings. The molecule has 0 spiro atoms. The van der Waals surface area contributed by atoms with Gasteiger partial charge in [0.05, 0.1) is 12.7 Å². The normalized spacial score (nSPS) is 28.9. The molecule has 0 radical (unpaired) electrons. The molecule has 0 aliphatic carbocycles. The maximum atomic E-state index is 10.3. The maximum Gasteiger partial charge on any atom is 0.222 e. The van der Waals surface area contributed by atoms with Crippen LogP contribution in [0.1, 0.15) is 6.42 Å². The van der Waals surface area contributed by atoms with Crippen molar-refractivity contribution in [3.05, 3.63) is 11.9 Å². The van der Waals surface area contributed by atoms with Crippen molar-refractivity contribution in [2.24, 2.45) is 5.73 Å². The van der Waals surface area contributed by atoms with Crippen LogP contribution in [0.3, 0.4) is 0 Å². The summed E-state index contributed by atoms with van der Waals surface area (Å²) in [6.45, 7) is 0. The van der Waals surface area contributed by atoms with Crippen molar-refractivity contribution in [3.8, 4) is 0 Å². The number of carbonyl (C=O) groups is 1. The van der Waals surface area contributed by atoms with Crippen LogP contribution >= 0.6 is 0 Å². The molecule has 68 valence electrons. The fourth-order valence-corrected chi connectivity index (χ4v) is 1.26. The summed E-state index contributed by atoms with van der Waals surface area (Å²) in [6, 6.07) is 0. The molecule has 1 aliphatic heterocycles.